The van der Waals surface area contributed by atoms with Crippen LogP contribution in [-0.2, 0) is 9.53 Å². The summed E-state index contributed by atoms with van der Waals surface area (Å²) in [6.45, 7) is 1.42. The highest BCUT2D eigenvalue weighted by molar-refractivity contribution is 6.30. The second kappa shape index (κ2) is 5.18. The lowest BCUT2D eigenvalue weighted by atomic mass is 10.1. The van der Waals surface area contributed by atoms with Crippen molar-refractivity contribution in [3.63, 3.8) is 0 Å². The highest BCUT2D eigenvalue weighted by Crippen LogP contribution is 2.21. The molecule has 0 spiro atoms. The number of aliphatic carboxylic acids is 1. The molecular weight excluding hydrogens is 232 g/mol. The second-order valence-electron chi connectivity index (χ2n) is 3.53. The van der Waals surface area contributed by atoms with Gasteiger partial charge in [0.1, 0.15) is 5.75 Å². The molecule has 0 radical (unpaired) electrons. The van der Waals surface area contributed by atoms with Crippen molar-refractivity contribution in [3.8, 4) is 5.75 Å². The van der Waals surface area contributed by atoms with Crippen LogP contribution in [0.3, 0.4) is 0 Å². The van der Waals surface area contributed by atoms with Gasteiger partial charge in [0.05, 0.1) is 6.61 Å². The number of rotatable bonds is 5. The Morgan fingerprint density at radius 1 is 1.44 bits per heavy atom. The summed E-state index contributed by atoms with van der Waals surface area (Å²) in [5.41, 5.74) is -1.40. The first kappa shape index (κ1) is 12.8. The fourth-order valence-electron chi connectivity index (χ4n) is 1.17. The Labute approximate surface area is 98.7 Å². The van der Waals surface area contributed by atoms with E-state index in [2.05, 4.69) is 0 Å². The predicted molar refractivity (Wildman–Crippen MR) is 60.0 cm³/mol. The van der Waals surface area contributed by atoms with Gasteiger partial charge in [0, 0.05) is 12.1 Å². The third-order valence-electron chi connectivity index (χ3n) is 2.03. The molecule has 4 nitrogen and oxygen atoms in total. The van der Waals surface area contributed by atoms with Gasteiger partial charge in [-0.1, -0.05) is 11.6 Å². The molecule has 0 bridgehead atoms. The minimum Gasteiger partial charge on any atom is -0.478 e. The van der Waals surface area contributed by atoms with Crippen LogP contribution in [0.4, 0.5) is 0 Å². The smallest absolute Gasteiger partial charge is 0.350 e. The van der Waals surface area contributed by atoms with Crippen LogP contribution in [0.1, 0.15) is 6.92 Å². The van der Waals surface area contributed by atoms with Crippen LogP contribution >= 0.6 is 11.6 Å². The van der Waals surface area contributed by atoms with Gasteiger partial charge in [-0.15, -0.1) is 0 Å². The molecule has 88 valence electrons. The molecule has 1 aromatic rings. The van der Waals surface area contributed by atoms with Crippen molar-refractivity contribution in [2.24, 2.45) is 0 Å². The maximum atomic E-state index is 11.1. The van der Waals surface area contributed by atoms with Gasteiger partial charge in [0.25, 0.3) is 0 Å². The lowest BCUT2D eigenvalue weighted by molar-refractivity contribution is -0.158. The number of halogens is 1. The van der Waals surface area contributed by atoms with E-state index in [1.54, 1.807) is 24.3 Å². The number of carboxylic acids is 1. The van der Waals surface area contributed by atoms with Gasteiger partial charge in [0.2, 0.25) is 5.60 Å². The standard InChI is InChI=1S/C11H13ClO4/c1-11(7-15-2,10(13)14)16-9-5-3-8(12)4-6-9/h3-6H,7H2,1-2H3,(H,13,14). The van der Waals surface area contributed by atoms with Gasteiger partial charge >= 0.3 is 5.97 Å². The molecule has 0 aromatic heterocycles. The molecule has 0 heterocycles. The van der Waals surface area contributed by atoms with E-state index < -0.39 is 11.6 Å². The van der Waals surface area contributed by atoms with Crippen molar-refractivity contribution < 1.29 is 19.4 Å². The van der Waals surface area contributed by atoms with Crippen LogP contribution in [0, 0.1) is 0 Å². The van der Waals surface area contributed by atoms with E-state index in [-0.39, 0.29) is 6.61 Å². The largest absolute Gasteiger partial charge is 0.478 e. The first-order chi connectivity index (χ1) is 7.48. The van der Waals surface area contributed by atoms with E-state index in [0.717, 1.165) is 0 Å². The van der Waals surface area contributed by atoms with E-state index >= 15 is 0 Å². The highest BCUT2D eigenvalue weighted by Gasteiger charge is 2.35. The third kappa shape index (κ3) is 3.12. The maximum absolute atomic E-state index is 11.1. The van der Waals surface area contributed by atoms with Gasteiger partial charge in [-0.3, -0.25) is 0 Å². The highest BCUT2D eigenvalue weighted by atomic mass is 35.5. The Balaban J connectivity index is 2.83. The number of methoxy groups -OCH3 is 1. The average molecular weight is 245 g/mol. The molecule has 0 aliphatic rings. The summed E-state index contributed by atoms with van der Waals surface area (Å²) in [6, 6.07) is 6.48. The molecule has 1 aromatic carbocycles. The number of benzene rings is 1. The lowest BCUT2D eigenvalue weighted by Crippen LogP contribution is -2.45. The lowest BCUT2D eigenvalue weighted by Gasteiger charge is -2.25. The Bertz CT molecular complexity index is 363. The van der Waals surface area contributed by atoms with Crippen molar-refractivity contribution in [3.05, 3.63) is 29.3 Å². The van der Waals surface area contributed by atoms with E-state index in [9.17, 15) is 4.79 Å². The van der Waals surface area contributed by atoms with Crippen molar-refractivity contribution >= 4 is 17.6 Å². The van der Waals surface area contributed by atoms with Gasteiger partial charge in [-0.2, -0.15) is 0 Å². The van der Waals surface area contributed by atoms with Gasteiger partial charge in [-0.05, 0) is 31.2 Å². The maximum Gasteiger partial charge on any atom is 0.350 e. The van der Waals surface area contributed by atoms with Crippen LogP contribution in [0.15, 0.2) is 24.3 Å². The number of carboxylic acid groups (broad SMARTS) is 1. The van der Waals surface area contributed by atoms with Gasteiger partial charge < -0.3 is 14.6 Å². The third-order valence-corrected chi connectivity index (χ3v) is 2.28. The molecule has 1 rings (SSSR count). The summed E-state index contributed by atoms with van der Waals surface area (Å²) in [4.78, 5) is 11.1. The summed E-state index contributed by atoms with van der Waals surface area (Å²) >= 11 is 5.71. The van der Waals surface area contributed by atoms with Gasteiger partial charge in [-0.25, -0.2) is 4.79 Å². The summed E-state index contributed by atoms with van der Waals surface area (Å²) in [5.74, 6) is -0.643. The molecule has 5 heteroatoms. The normalized spacial score (nSPS) is 14.2. The van der Waals surface area contributed by atoms with Crippen LogP contribution in [0.2, 0.25) is 5.02 Å². The minimum absolute atomic E-state index is 0.0367. The summed E-state index contributed by atoms with van der Waals surface area (Å²) in [5, 5.41) is 9.61. The Morgan fingerprint density at radius 3 is 2.44 bits per heavy atom. The first-order valence-electron chi connectivity index (χ1n) is 4.65. The van der Waals surface area contributed by atoms with Crippen LogP contribution in [-0.4, -0.2) is 30.4 Å². The summed E-state index contributed by atoms with van der Waals surface area (Å²) in [7, 11) is 1.42. The zero-order valence-corrected chi connectivity index (χ0v) is 9.82. The minimum atomic E-state index is -1.40. The van der Waals surface area contributed by atoms with Crippen molar-refractivity contribution in [1.82, 2.24) is 0 Å². The number of hydrogen-bond acceptors (Lipinski definition) is 3. The van der Waals surface area contributed by atoms with Crippen molar-refractivity contribution in [2.45, 2.75) is 12.5 Å². The fourth-order valence-corrected chi connectivity index (χ4v) is 1.30. The molecule has 0 aliphatic carbocycles. The van der Waals surface area contributed by atoms with Crippen LogP contribution in [0.25, 0.3) is 0 Å². The molecule has 0 fully saturated rings. The molecule has 1 atom stereocenters. The van der Waals surface area contributed by atoms with Gasteiger partial charge in [0.15, 0.2) is 0 Å². The van der Waals surface area contributed by atoms with Crippen LogP contribution < -0.4 is 4.74 Å². The number of hydrogen-bond donors (Lipinski definition) is 1. The topological polar surface area (TPSA) is 55.8 Å². The summed E-state index contributed by atoms with van der Waals surface area (Å²) < 4.78 is 10.2. The Hall–Kier alpha value is -1.26. The molecule has 1 unspecified atom stereocenters. The molecule has 0 aliphatic heterocycles. The van der Waals surface area contributed by atoms with E-state index in [4.69, 9.17) is 26.2 Å². The first-order valence-corrected chi connectivity index (χ1v) is 5.02. The van der Waals surface area contributed by atoms with Crippen molar-refractivity contribution in [1.29, 1.82) is 0 Å². The van der Waals surface area contributed by atoms with Crippen LogP contribution in [0.5, 0.6) is 5.75 Å². The average Bonchev–Trinajstić information content (AvgIpc) is 2.22. The zero-order valence-electron chi connectivity index (χ0n) is 9.07. The number of ether oxygens (including phenoxy) is 2. The van der Waals surface area contributed by atoms with E-state index in [1.807, 2.05) is 0 Å². The molecule has 16 heavy (non-hydrogen) atoms. The molecule has 0 amide bonds. The molecular formula is C11H13ClO4. The van der Waals surface area contributed by atoms with E-state index in [0.29, 0.717) is 10.8 Å². The molecule has 1 N–H and O–H groups in total. The monoisotopic (exact) mass is 244 g/mol. The van der Waals surface area contributed by atoms with Crippen molar-refractivity contribution in [2.75, 3.05) is 13.7 Å². The quantitative estimate of drug-likeness (QED) is 0.863. The zero-order chi connectivity index (χ0) is 12.2. The molecule has 0 saturated carbocycles. The molecule has 0 saturated heterocycles. The second-order valence-corrected chi connectivity index (χ2v) is 3.96. The Morgan fingerprint density at radius 2 is 2.00 bits per heavy atom. The predicted octanol–water partition coefficient (Wildman–Crippen LogP) is 2.21. The number of carbonyl (C=O) groups is 1. The Kier molecular flexibility index (Phi) is 4.15. The van der Waals surface area contributed by atoms with E-state index in [1.165, 1.54) is 14.0 Å². The summed E-state index contributed by atoms with van der Waals surface area (Å²) in [6.07, 6.45) is 0. The SMILES string of the molecule is COCC(C)(Oc1ccc(Cl)cc1)C(=O)O. The fraction of sp³-hybridized carbons (Fsp3) is 0.364.